The maximum atomic E-state index is 10.5. The topological polar surface area (TPSA) is 66.4 Å². The molecule has 0 aliphatic heterocycles. The lowest BCUT2D eigenvalue weighted by Crippen LogP contribution is -2.27. The molecule has 2 N–H and O–H groups in total. The number of carboxylic acids is 1. The van der Waals surface area contributed by atoms with Crippen molar-refractivity contribution in [3.05, 3.63) is 12.2 Å². The molecular formula is C6H9NO3. The monoisotopic (exact) mass is 148 g/mol. The van der Waals surface area contributed by atoms with Crippen LogP contribution < -0.4 is 5.32 Å². The number of carbonyl (C=O) groups is 2. The second kappa shape index (κ2) is 4.55. The Hall–Kier alpha value is -1.32. The van der Waals surface area contributed by atoms with E-state index >= 15 is 0 Å². The molecule has 1 amide bonds. The largest absolute Gasteiger partial charge is 0.480 e. The molecule has 0 saturated carbocycles. The molecule has 0 saturated heterocycles. The van der Waals surface area contributed by atoms with Gasteiger partial charge in [0.05, 0.1) is 0 Å². The lowest BCUT2D eigenvalue weighted by atomic mass is 10.9. The average molecular weight is 148 g/mol. The average Bonchev–Trinajstić information content (AvgIpc) is 1.85. The summed E-state index contributed by atoms with van der Waals surface area (Å²) in [5, 5.41) is 10.2. The fraction of sp³-hybridized carbons (Fsp3) is 0.333. The highest BCUT2D eigenvalue weighted by molar-refractivity contribution is 5.89. The van der Waals surface area contributed by atoms with E-state index in [-0.39, 0.29) is 12.5 Å². The minimum atomic E-state index is -1.04. The van der Waals surface area contributed by atoms with E-state index in [9.17, 15) is 9.59 Å². The van der Waals surface area contributed by atoms with Crippen molar-refractivity contribution in [1.29, 1.82) is 0 Å². The number of hydrogen-bond donors (Lipinski definition) is 2. The fourth-order valence-corrected chi connectivity index (χ4v) is 0.373. The Labute approximate surface area is 58.5 Å². The van der Waals surface area contributed by atoms with E-state index in [1.165, 1.54) is 12.2 Å². The maximum absolute atomic E-state index is 10.5. The molecule has 0 fully saturated rings. The van der Waals surface area contributed by atoms with Gasteiger partial charge in [0.1, 0.15) is 6.54 Å². The summed E-state index contributed by atoms with van der Waals surface area (Å²) in [4.78, 5) is 20.4. The molecule has 10 heavy (non-hydrogen) atoms. The summed E-state index contributed by atoms with van der Waals surface area (Å²) in [6, 6.07) is 0. The Morgan fingerprint density at radius 3 is 2.60 bits per heavy atom. The van der Waals surface area contributed by atoms with Gasteiger partial charge in [0.25, 0.3) is 0 Å². The molecule has 0 atom stereocenters. The minimum absolute atomic E-state index is 0.330. The van der Waals surface area contributed by atoms with E-state index in [1.807, 2.05) is 0 Å². The molecule has 56 valence electrons. The summed E-state index contributed by atoms with van der Waals surface area (Å²) in [5.74, 6) is -1.43. The standard InChI is InChI=1S/C6H9NO3/c1-2-3-5(8)7-4-6(9)10/h2-3H,4H2,1H3,(H,7,8)(H,9,10)/b3-2+/i1+1,2+1,3+1,4+1,6+1. The second-order valence-corrected chi connectivity index (χ2v) is 1.61. The number of aliphatic carboxylic acids is 1. The number of nitrogens with one attached hydrogen (secondary N) is 1. The minimum Gasteiger partial charge on any atom is -0.480 e. The van der Waals surface area contributed by atoms with Crippen molar-refractivity contribution in [3.8, 4) is 0 Å². The molecule has 4 heteroatoms. The Balaban J connectivity index is 3.50. The highest BCUT2D eigenvalue weighted by atomic mass is 16.5. The first kappa shape index (κ1) is 8.68. The molecule has 0 aromatic heterocycles. The van der Waals surface area contributed by atoms with Crippen LogP contribution in [0.15, 0.2) is 12.2 Å². The van der Waals surface area contributed by atoms with Gasteiger partial charge in [0.2, 0.25) is 5.91 Å². The van der Waals surface area contributed by atoms with Crippen LogP contribution in [0.2, 0.25) is 0 Å². The molecule has 0 bridgehead atoms. The van der Waals surface area contributed by atoms with Crippen molar-refractivity contribution in [2.24, 2.45) is 0 Å². The van der Waals surface area contributed by atoms with Crippen molar-refractivity contribution in [2.75, 3.05) is 6.54 Å². The fourth-order valence-electron chi connectivity index (χ4n) is 0.373. The number of carbonyl (C=O) groups excluding carboxylic acids is 1. The summed E-state index contributed by atoms with van der Waals surface area (Å²) in [6.45, 7) is 1.35. The number of carboxylic acid groups (broad SMARTS) is 1. The second-order valence-electron chi connectivity index (χ2n) is 1.61. The molecule has 0 unspecified atom stereocenters. The molecule has 0 spiro atoms. The van der Waals surface area contributed by atoms with Gasteiger partial charge in [-0.2, -0.15) is 0 Å². The highest BCUT2D eigenvalue weighted by Gasteiger charge is 1.97. The van der Waals surface area contributed by atoms with Gasteiger partial charge in [-0.25, -0.2) is 0 Å². The predicted molar refractivity (Wildman–Crippen MR) is 35.5 cm³/mol. The smallest absolute Gasteiger partial charge is 0.322 e. The maximum Gasteiger partial charge on any atom is 0.322 e. The van der Waals surface area contributed by atoms with Gasteiger partial charge in [0.15, 0.2) is 0 Å². The number of allylic oxidation sites excluding steroid dienone is 1. The van der Waals surface area contributed by atoms with Crippen LogP contribution >= 0.6 is 0 Å². The van der Waals surface area contributed by atoms with E-state index in [4.69, 9.17) is 5.11 Å². The number of amides is 1. The van der Waals surface area contributed by atoms with Crippen LogP contribution in [0, 0.1) is 0 Å². The van der Waals surface area contributed by atoms with Crippen LogP contribution in [0.1, 0.15) is 6.92 Å². The number of hydrogen-bond acceptors (Lipinski definition) is 2. The van der Waals surface area contributed by atoms with Crippen LogP contribution in [-0.4, -0.2) is 23.5 Å². The molecule has 0 heterocycles. The van der Waals surface area contributed by atoms with E-state index in [1.54, 1.807) is 6.92 Å². The zero-order valence-corrected chi connectivity index (χ0v) is 5.63. The van der Waals surface area contributed by atoms with Crippen LogP contribution in [-0.2, 0) is 9.59 Å². The SMILES string of the molecule is [13CH3]/[13CH]=[13CH]/C(=O)N[13CH2][13C](=O)O. The third kappa shape index (κ3) is 4.83. The van der Waals surface area contributed by atoms with Crippen molar-refractivity contribution in [1.82, 2.24) is 5.32 Å². The Bertz CT molecular complexity index is 162. The Kier molecular flexibility index (Phi) is 3.95. The Morgan fingerprint density at radius 2 is 2.20 bits per heavy atom. The van der Waals surface area contributed by atoms with Gasteiger partial charge < -0.3 is 10.4 Å². The normalized spacial score (nSPS) is 9.70. The molecule has 0 rings (SSSR count). The van der Waals surface area contributed by atoms with Crippen LogP contribution in [0.3, 0.4) is 0 Å². The van der Waals surface area contributed by atoms with Gasteiger partial charge in [0, 0.05) is 0 Å². The zero-order chi connectivity index (χ0) is 7.98. The van der Waals surface area contributed by atoms with E-state index in [2.05, 4.69) is 5.32 Å². The molecule has 0 aromatic rings. The van der Waals surface area contributed by atoms with Gasteiger partial charge in [-0.3, -0.25) is 9.59 Å². The van der Waals surface area contributed by atoms with Crippen molar-refractivity contribution < 1.29 is 14.7 Å². The summed E-state index contributed by atoms with van der Waals surface area (Å²) in [6.07, 6.45) is 2.81. The quantitative estimate of drug-likeness (QED) is 0.429. The summed E-state index contributed by atoms with van der Waals surface area (Å²) < 4.78 is 0. The summed E-state index contributed by atoms with van der Waals surface area (Å²) in [5.41, 5.74) is 0. The van der Waals surface area contributed by atoms with E-state index in [0.717, 1.165) is 0 Å². The van der Waals surface area contributed by atoms with Gasteiger partial charge in [-0.1, -0.05) is 6.08 Å². The van der Waals surface area contributed by atoms with Gasteiger partial charge >= 0.3 is 5.97 Å². The summed E-state index contributed by atoms with van der Waals surface area (Å²) in [7, 11) is 0. The zero-order valence-electron chi connectivity index (χ0n) is 5.63. The first-order valence-electron chi connectivity index (χ1n) is 2.79. The molecular weight excluding hydrogens is 139 g/mol. The van der Waals surface area contributed by atoms with Crippen molar-refractivity contribution >= 4 is 11.9 Å². The van der Waals surface area contributed by atoms with E-state index in [0.29, 0.717) is 0 Å². The number of rotatable bonds is 3. The molecule has 0 radical (unpaired) electrons. The van der Waals surface area contributed by atoms with Gasteiger partial charge in [-0.15, -0.1) is 0 Å². The molecule has 4 nitrogen and oxygen atoms in total. The lowest BCUT2D eigenvalue weighted by Gasteiger charge is -1.94. The molecule has 0 aliphatic carbocycles. The van der Waals surface area contributed by atoms with E-state index < -0.39 is 5.97 Å². The van der Waals surface area contributed by atoms with Crippen LogP contribution in [0.5, 0.6) is 0 Å². The van der Waals surface area contributed by atoms with Crippen molar-refractivity contribution in [3.63, 3.8) is 0 Å². The Morgan fingerprint density at radius 1 is 1.60 bits per heavy atom. The summed E-state index contributed by atoms with van der Waals surface area (Å²) >= 11 is 0. The van der Waals surface area contributed by atoms with Gasteiger partial charge in [-0.05, 0) is 13.0 Å². The van der Waals surface area contributed by atoms with Crippen molar-refractivity contribution in [2.45, 2.75) is 6.92 Å². The third-order valence-corrected chi connectivity index (χ3v) is 0.732. The van der Waals surface area contributed by atoms with Crippen LogP contribution in [0.4, 0.5) is 0 Å². The van der Waals surface area contributed by atoms with Crippen LogP contribution in [0.25, 0.3) is 0 Å². The predicted octanol–water partition coefficient (Wildman–Crippen LogP) is -0.237. The lowest BCUT2D eigenvalue weighted by molar-refractivity contribution is -0.137. The molecule has 0 aliphatic rings. The first-order valence-corrected chi connectivity index (χ1v) is 2.79. The first-order chi connectivity index (χ1) is 4.66. The molecule has 0 aromatic carbocycles. The highest BCUT2D eigenvalue weighted by Crippen LogP contribution is 1.70. The third-order valence-electron chi connectivity index (χ3n) is 0.732.